The van der Waals surface area contributed by atoms with Crippen molar-refractivity contribution in [1.29, 1.82) is 0 Å². The van der Waals surface area contributed by atoms with Gasteiger partial charge in [-0.15, -0.1) is 0 Å². The van der Waals surface area contributed by atoms with Crippen molar-refractivity contribution in [2.75, 3.05) is 22.9 Å². The second-order valence-electron chi connectivity index (χ2n) is 16.2. The Hall–Kier alpha value is -7.16. The summed E-state index contributed by atoms with van der Waals surface area (Å²) in [6, 6.07) is 81.3. The number of benzene rings is 9. The van der Waals surface area contributed by atoms with Crippen molar-refractivity contribution in [1.82, 2.24) is 0 Å². The Morgan fingerprint density at radius 2 is 0.564 bits per heavy atom. The molecule has 9 aromatic rings. The summed E-state index contributed by atoms with van der Waals surface area (Å²) >= 11 is 0. The van der Waals surface area contributed by atoms with Crippen molar-refractivity contribution < 1.29 is 0 Å². The van der Waals surface area contributed by atoms with Crippen molar-refractivity contribution in [3.05, 3.63) is 253 Å². The molecule has 0 saturated carbocycles. The van der Waals surface area contributed by atoms with Gasteiger partial charge in [0.05, 0.1) is 0 Å². The molecule has 78 heavy (non-hydrogen) atoms. The van der Waals surface area contributed by atoms with Crippen LogP contribution in [-0.4, -0.2) is 13.1 Å². The zero-order chi connectivity index (χ0) is 58.7. The standard InChI is InChI=1S/C18H17N.C15H14.C14H15N.C13H10.8C2H6/c1-2-19(17-10-4-3-5-11-17)18-13-12-15-8-6-7-9-16(15)14-18;1-15(2)13-9-5-3-7-11(13)12-8-4-6-10-14(12)15;1-2-15(13-9-5-3-6-10-13)14-11-7-4-8-12-14;1-3-7-12-10(5-1)9-11-6-2-4-8-13(11)12;8*1-2/h3-14H,2H2,1H3;3-10H,1-2H3;3-12H,2H2,1H3;1-8H,9H2;8*1-2H3. The van der Waals surface area contributed by atoms with Crippen LogP contribution in [0.1, 0.15) is 161 Å². The van der Waals surface area contributed by atoms with Gasteiger partial charge in [0.2, 0.25) is 0 Å². The van der Waals surface area contributed by atoms with Crippen molar-refractivity contribution in [2.45, 2.75) is 150 Å². The fourth-order valence-electron chi connectivity index (χ4n) is 8.95. The Bertz CT molecular complexity index is 2700. The Labute approximate surface area is 479 Å². The van der Waals surface area contributed by atoms with Crippen LogP contribution in [0.5, 0.6) is 0 Å². The van der Waals surface area contributed by atoms with Crippen LogP contribution < -0.4 is 9.80 Å². The highest BCUT2D eigenvalue weighted by Crippen LogP contribution is 2.48. The number of anilines is 4. The third-order valence-electron chi connectivity index (χ3n) is 12.1. The first kappa shape index (κ1) is 70.8. The van der Waals surface area contributed by atoms with E-state index in [0.717, 1.165) is 19.5 Å². The Morgan fingerprint density at radius 3 is 0.923 bits per heavy atom. The summed E-state index contributed by atoms with van der Waals surface area (Å²) in [6.07, 6.45) is 1.10. The molecule has 9 aromatic carbocycles. The van der Waals surface area contributed by atoms with Crippen molar-refractivity contribution in [3.63, 3.8) is 0 Å². The zero-order valence-electron chi connectivity index (χ0n) is 52.5. The van der Waals surface area contributed by atoms with Gasteiger partial charge in [-0.05, 0) is 124 Å². The van der Waals surface area contributed by atoms with E-state index in [-0.39, 0.29) is 5.41 Å². The molecule has 0 atom stereocenters. The lowest BCUT2D eigenvalue weighted by Gasteiger charge is -2.23. The Morgan fingerprint density at radius 1 is 0.282 bits per heavy atom. The van der Waals surface area contributed by atoms with Gasteiger partial charge in [-0.25, -0.2) is 0 Å². The summed E-state index contributed by atoms with van der Waals surface area (Å²) in [5.74, 6) is 0. The minimum absolute atomic E-state index is 0.160. The lowest BCUT2D eigenvalue weighted by Crippen LogP contribution is -2.15. The predicted molar refractivity (Wildman–Crippen MR) is 358 cm³/mol. The lowest BCUT2D eigenvalue weighted by atomic mass is 9.82. The average molecular weight is 1050 g/mol. The maximum atomic E-state index is 2.33. The third kappa shape index (κ3) is 20.3. The molecule has 0 heterocycles. The first-order valence-electron chi connectivity index (χ1n) is 30.0. The topological polar surface area (TPSA) is 6.48 Å². The highest BCUT2D eigenvalue weighted by molar-refractivity contribution is 5.87. The van der Waals surface area contributed by atoms with E-state index in [1.807, 2.05) is 123 Å². The number of hydrogen-bond acceptors (Lipinski definition) is 2. The molecular weight excluding hydrogens is 941 g/mol. The number of fused-ring (bicyclic) bond motifs is 7. The Balaban J connectivity index is 0.000000936. The van der Waals surface area contributed by atoms with Crippen LogP contribution in [0.2, 0.25) is 0 Å². The van der Waals surface area contributed by atoms with E-state index in [1.54, 1.807) is 0 Å². The molecule has 0 amide bonds. The maximum absolute atomic E-state index is 2.33. The van der Waals surface area contributed by atoms with Crippen molar-refractivity contribution in [2.24, 2.45) is 0 Å². The van der Waals surface area contributed by atoms with Gasteiger partial charge < -0.3 is 9.80 Å². The van der Waals surface area contributed by atoms with Crippen LogP contribution in [0.3, 0.4) is 0 Å². The third-order valence-corrected chi connectivity index (χ3v) is 12.1. The van der Waals surface area contributed by atoms with Crippen LogP contribution in [0.15, 0.2) is 231 Å². The van der Waals surface area contributed by atoms with E-state index in [1.165, 1.54) is 78.0 Å². The second kappa shape index (κ2) is 42.9. The number of nitrogens with zero attached hydrogens (tertiary/aromatic N) is 2. The molecule has 2 aliphatic rings. The summed E-state index contributed by atoms with van der Waals surface area (Å²) in [5.41, 5.74) is 16.6. The summed E-state index contributed by atoms with van der Waals surface area (Å²) < 4.78 is 0. The molecule has 0 fully saturated rings. The van der Waals surface area contributed by atoms with Gasteiger partial charge in [0.1, 0.15) is 0 Å². The van der Waals surface area contributed by atoms with Gasteiger partial charge in [0.15, 0.2) is 0 Å². The molecule has 0 N–H and O–H groups in total. The average Bonchev–Trinajstić information content (AvgIpc) is 4.12. The molecule has 0 aliphatic heterocycles. The first-order chi connectivity index (χ1) is 38.5. The van der Waals surface area contributed by atoms with Gasteiger partial charge >= 0.3 is 0 Å². The summed E-state index contributed by atoms with van der Waals surface area (Å²) in [7, 11) is 0. The minimum Gasteiger partial charge on any atom is -0.342 e. The summed E-state index contributed by atoms with van der Waals surface area (Å²) in [4.78, 5) is 4.62. The fraction of sp³-hybridized carbons (Fsp3) is 0.316. The molecule has 0 aromatic heterocycles. The molecule has 0 saturated heterocycles. The fourth-order valence-corrected chi connectivity index (χ4v) is 8.95. The number of hydrogen-bond donors (Lipinski definition) is 0. The first-order valence-corrected chi connectivity index (χ1v) is 30.0. The van der Waals surface area contributed by atoms with Crippen LogP contribution in [-0.2, 0) is 11.8 Å². The second-order valence-corrected chi connectivity index (χ2v) is 16.2. The molecule has 0 spiro atoms. The summed E-state index contributed by atoms with van der Waals surface area (Å²) in [6.45, 7) is 42.9. The molecule has 2 nitrogen and oxygen atoms in total. The maximum Gasteiger partial charge on any atom is 0.0417 e. The quantitative estimate of drug-likeness (QED) is 0.164. The van der Waals surface area contributed by atoms with E-state index in [9.17, 15) is 0 Å². The van der Waals surface area contributed by atoms with E-state index in [2.05, 4.69) is 256 Å². The van der Waals surface area contributed by atoms with Crippen LogP contribution in [0.4, 0.5) is 22.7 Å². The monoisotopic (exact) mass is 1040 g/mol. The predicted octanol–water partition coefficient (Wildman–Crippen LogP) is 24.3. The van der Waals surface area contributed by atoms with Crippen LogP contribution in [0.25, 0.3) is 33.0 Å². The zero-order valence-corrected chi connectivity index (χ0v) is 52.5. The molecule has 11 rings (SSSR count). The summed E-state index contributed by atoms with van der Waals surface area (Å²) in [5, 5.41) is 2.57. The molecule has 0 bridgehead atoms. The molecule has 2 aliphatic carbocycles. The van der Waals surface area contributed by atoms with Crippen molar-refractivity contribution >= 4 is 33.5 Å². The van der Waals surface area contributed by atoms with Gasteiger partial charge in [-0.3, -0.25) is 0 Å². The van der Waals surface area contributed by atoms with Gasteiger partial charge in [0, 0.05) is 41.3 Å². The lowest BCUT2D eigenvalue weighted by molar-refractivity contribution is 0.660. The van der Waals surface area contributed by atoms with Crippen LogP contribution in [0, 0.1) is 0 Å². The minimum atomic E-state index is 0.160. The normalized spacial score (nSPS) is 10.2. The highest BCUT2D eigenvalue weighted by Gasteiger charge is 2.34. The largest absolute Gasteiger partial charge is 0.342 e. The van der Waals surface area contributed by atoms with E-state index >= 15 is 0 Å². The number of para-hydroxylation sites is 3. The van der Waals surface area contributed by atoms with Gasteiger partial charge in [-0.2, -0.15) is 0 Å². The highest BCUT2D eigenvalue weighted by atomic mass is 15.1. The van der Waals surface area contributed by atoms with E-state index in [0.29, 0.717) is 0 Å². The molecule has 418 valence electrons. The van der Waals surface area contributed by atoms with E-state index < -0.39 is 0 Å². The van der Waals surface area contributed by atoms with Gasteiger partial charge in [-0.1, -0.05) is 307 Å². The van der Waals surface area contributed by atoms with Gasteiger partial charge in [0.25, 0.3) is 0 Å². The van der Waals surface area contributed by atoms with Crippen LogP contribution >= 0.6 is 0 Å². The van der Waals surface area contributed by atoms with E-state index in [4.69, 9.17) is 0 Å². The molecule has 2 heteroatoms. The number of rotatable bonds is 6. The molecule has 0 radical (unpaired) electrons. The molecule has 0 unspecified atom stereocenters. The van der Waals surface area contributed by atoms with Crippen molar-refractivity contribution in [3.8, 4) is 22.3 Å². The Kier molecular flexibility index (Phi) is 39.0. The SMILES string of the molecule is CC.CC.CC.CC.CC.CC.CC.CC.CC1(C)c2ccccc2-c2ccccc21.CCN(c1ccccc1)c1ccc2ccccc2c1.CCN(c1ccccc1)c1ccccc1.c1ccc2c(c1)Cc1ccccc1-2. The molecular formula is C76H104N2. The smallest absolute Gasteiger partial charge is 0.0417 e.